The van der Waals surface area contributed by atoms with Gasteiger partial charge in [-0.05, 0) is 55.5 Å². The first-order valence-corrected chi connectivity index (χ1v) is 11.6. The number of rotatable bonds is 9. The SMILES string of the molecule is COc1ccc(C(=O)NCCc2nnc3ccc(SCC(=O)Nc4ccc(C)cc4)nn23)cc1. The number of aryl methyl sites for hydroxylation is 1. The van der Waals surface area contributed by atoms with Gasteiger partial charge >= 0.3 is 0 Å². The molecule has 4 aromatic rings. The number of methoxy groups -OCH3 is 1. The number of amides is 2. The summed E-state index contributed by atoms with van der Waals surface area (Å²) in [6.45, 7) is 2.38. The van der Waals surface area contributed by atoms with Gasteiger partial charge < -0.3 is 15.4 Å². The largest absolute Gasteiger partial charge is 0.497 e. The van der Waals surface area contributed by atoms with Crippen LogP contribution in [-0.4, -0.2) is 51.0 Å². The highest BCUT2D eigenvalue weighted by Crippen LogP contribution is 2.17. The molecule has 2 aromatic carbocycles. The van der Waals surface area contributed by atoms with E-state index in [1.54, 1.807) is 42.0 Å². The van der Waals surface area contributed by atoms with Crippen molar-refractivity contribution in [2.75, 3.05) is 24.7 Å². The Morgan fingerprint density at radius 2 is 1.76 bits per heavy atom. The summed E-state index contributed by atoms with van der Waals surface area (Å²) in [6.07, 6.45) is 0.456. The Balaban J connectivity index is 1.32. The van der Waals surface area contributed by atoms with E-state index in [0.717, 1.165) is 11.3 Å². The average Bonchev–Trinajstić information content (AvgIpc) is 3.26. The molecule has 2 heterocycles. The molecule has 0 aliphatic carbocycles. The third-order valence-electron chi connectivity index (χ3n) is 4.98. The van der Waals surface area contributed by atoms with Crippen LogP contribution in [0.4, 0.5) is 5.69 Å². The summed E-state index contributed by atoms with van der Waals surface area (Å²) in [6, 6.07) is 18.2. The number of aromatic nitrogens is 4. The second-order valence-corrected chi connectivity index (χ2v) is 8.49. The number of hydrogen-bond acceptors (Lipinski definition) is 7. The normalized spacial score (nSPS) is 10.8. The number of ether oxygens (including phenoxy) is 1. The van der Waals surface area contributed by atoms with Gasteiger partial charge in [0.1, 0.15) is 10.8 Å². The monoisotopic (exact) mass is 476 g/mol. The van der Waals surface area contributed by atoms with Gasteiger partial charge in [0.2, 0.25) is 5.91 Å². The van der Waals surface area contributed by atoms with Gasteiger partial charge in [-0.25, -0.2) is 0 Å². The van der Waals surface area contributed by atoms with E-state index >= 15 is 0 Å². The summed E-state index contributed by atoms with van der Waals surface area (Å²) in [4.78, 5) is 24.6. The standard InChI is InChI=1S/C24H24N6O3S/c1-16-3-7-18(8-4-16)26-22(31)15-34-23-12-11-20-27-28-21(30(20)29-23)13-14-25-24(32)17-5-9-19(33-2)10-6-17/h3-12H,13-15H2,1-2H3,(H,25,32)(H,26,31). The average molecular weight is 477 g/mol. The van der Waals surface area contributed by atoms with Gasteiger partial charge in [0.25, 0.3) is 5.91 Å². The summed E-state index contributed by atoms with van der Waals surface area (Å²) in [7, 11) is 1.58. The Kier molecular flexibility index (Phi) is 7.38. The van der Waals surface area contributed by atoms with E-state index in [-0.39, 0.29) is 17.6 Å². The number of nitrogens with zero attached hydrogens (tertiary/aromatic N) is 4. The highest BCUT2D eigenvalue weighted by Gasteiger charge is 2.11. The van der Waals surface area contributed by atoms with Gasteiger partial charge in [0, 0.05) is 24.2 Å². The number of nitrogens with one attached hydrogen (secondary N) is 2. The molecule has 10 heteroatoms. The van der Waals surface area contributed by atoms with Gasteiger partial charge in [-0.15, -0.1) is 10.2 Å². The molecule has 2 aromatic heterocycles. The van der Waals surface area contributed by atoms with Gasteiger partial charge in [0.15, 0.2) is 11.5 Å². The lowest BCUT2D eigenvalue weighted by Gasteiger charge is -2.07. The van der Waals surface area contributed by atoms with Crippen LogP contribution in [0.3, 0.4) is 0 Å². The minimum absolute atomic E-state index is 0.110. The Hall–Kier alpha value is -3.92. The molecular weight excluding hydrogens is 452 g/mol. The van der Waals surface area contributed by atoms with Crippen molar-refractivity contribution in [1.82, 2.24) is 25.1 Å². The predicted molar refractivity (Wildman–Crippen MR) is 130 cm³/mol. The summed E-state index contributed by atoms with van der Waals surface area (Å²) in [5.41, 5.74) is 3.05. The first-order valence-electron chi connectivity index (χ1n) is 10.6. The fourth-order valence-corrected chi connectivity index (χ4v) is 3.81. The number of hydrogen-bond donors (Lipinski definition) is 2. The van der Waals surface area contributed by atoms with Crippen molar-refractivity contribution >= 4 is 34.9 Å². The molecule has 0 aliphatic heterocycles. The first kappa shape index (κ1) is 23.2. The minimum Gasteiger partial charge on any atom is -0.497 e. The fourth-order valence-electron chi connectivity index (χ4n) is 3.16. The zero-order chi connectivity index (χ0) is 23.9. The molecule has 9 nitrogen and oxygen atoms in total. The molecular formula is C24H24N6O3S. The molecule has 0 saturated carbocycles. The van der Waals surface area contributed by atoms with Crippen LogP contribution in [0.25, 0.3) is 5.65 Å². The fraction of sp³-hybridized carbons (Fsp3) is 0.208. The molecule has 0 radical (unpaired) electrons. The van der Waals surface area contributed by atoms with Crippen molar-refractivity contribution in [3.63, 3.8) is 0 Å². The molecule has 0 unspecified atom stereocenters. The van der Waals surface area contributed by atoms with Crippen LogP contribution in [0.15, 0.2) is 65.7 Å². The van der Waals surface area contributed by atoms with Crippen LogP contribution in [0.5, 0.6) is 5.75 Å². The molecule has 0 bridgehead atoms. The van der Waals surface area contributed by atoms with Crippen LogP contribution < -0.4 is 15.4 Å². The van der Waals surface area contributed by atoms with Gasteiger partial charge in [-0.2, -0.15) is 9.61 Å². The van der Waals surface area contributed by atoms with Crippen molar-refractivity contribution in [1.29, 1.82) is 0 Å². The highest BCUT2D eigenvalue weighted by molar-refractivity contribution is 7.99. The maximum absolute atomic E-state index is 12.3. The molecule has 0 fully saturated rings. The van der Waals surface area contributed by atoms with Crippen LogP contribution in [-0.2, 0) is 11.2 Å². The van der Waals surface area contributed by atoms with Crippen LogP contribution in [0.2, 0.25) is 0 Å². The number of carbonyl (C=O) groups is 2. The molecule has 2 amide bonds. The van der Waals surface area contributed by atoms with E-state index in [1.165, 1.54) is 11.8 Å². The van der Waals surface area contributed by atoms with E-state index in [1.807, 2.05) is 37.3 Å². The zero-order valence-electron chi connectivity index (χ0n) is 18.8. The number of fused-ring (bicyclic) bond motifs is 1. The summed E-state index contributed by atoms with van der Waals surface area (Å²) in [5, 5.41) is 19.3. The van der Waals surface area contributed by atoms with Gasteiger partial charge in [-0.1, -0.05) is 29.5 Å². The quantitative estimate of drug-likeness (QED) is 0.357. The first-order chi connectivity index (χ1) is 16.5. The molecule has 2 N–H and O–H groups in total. The molecule has 0 aliphatic rings. The molecule has 0 saturated heterocycles. The smallest absolute Gasteiger partial charge is 0.251 e. The maximum Gasteiger partial charge on any atom is 0.251 e. The topological polar surface area (TPSA) is 111 Å². The highest BCUT2D eigenvalue weighted by atomic mass is 32.2. The van der Waals surface area contributed by atoms with Crippen molar-refractivity contribution in [2.45, 2.75) is 18.4 Å². The van der Waals surface area contributed by atoms with Crippen LogP contribution >= 0.6 is 11.8 Å². The third-order valence-corrected chi connectivity index (χ3v) is 5.90. The number of anilines is 1. The molecule has 0 atom stereocenters. The molecule has 174 valence electrons. The maximum atomic E-state index is 12.3. The van der Waals surface area contributed by atoms with Gasteiger partial charge in [0.05, 0.1) is 12.9 Å². The van der Waals surface area contributed by atoms with E-state index < -0.39 is 0 Å². The lowest BCUT2D eigenvalue weighted by molar-refractivity contribution is -0.113. The molecule has 34 heavy (non-hydrogen) atoms. The van der Waals surface area contributed by atoms with Crippen molar-refractivity contribution < 1.29 is 14.3 Å². The summed E-state index contributed by atoms with van der Waals surface area (Å²) >= 11 is 1.33. The van der Waals surface area contributed by atoms with Crippen molar-refractivity contribution in [2.24, 2.45) is 0 Å². The summed E-state index contributed by atoms with van der Waals surface area (Å²) in [5.74, 6) is 1.25. The lowest BCUT2D eigenvalue weighted by atomic mass is 10.2. The van der Waals surface area contributed by atoms with Crippen molar-refractivity contribution in [3.05, 3.63) is 77.6 Å². The lowest BCUT2D eigenvalue weighted by Crippen LogP contribution is -2.26. The second kappa shape index (κ2) is 10.8. The Morgan fingerprint density at radius 3 is 2.50 bits per heavy atom. The predicted octanol–water partition coefficient (Wildman–Crippen LogP) is 3.14. The number of benzene rings is 2. The van der Waals surface area contributed by atoms with Gasteiger partial charge in [-0.3, -0.25) is 9.59 Å². The molecule has 0 spiro atoms. The van der Waals surface area contributed by atoms with E-state index in [0.29, 0.717) is 40.8 Å². The van der Waals surface area contributed by atoms with E-state index in [4.69, 9.17) is 4.74 Å². The van der Waals surface area contributed by atoms with Crippen LogP contribution in [0, 0.1) is 6.92 Å². The van der Waals surface area contributed by atoms with Crippen molar-refractivity contribution in [3.8, 4) is 5.75 Å². The number of thioether (sulfide) groups is 1. The van der Waals surface area contributed by atoms with E-state index in [9.17, 15) is 9.59 Å². The van der Waals surface area contributed by atoms with Crippen LogP contribution in [0.1, 0.15) is 21.7 Å². The van der Waals surface area contributed by atoms with E-state index in [2.05, 4.69) is 25.9 Å². The molecule has 4 rings (SSSR count). The zero-order valence-corrected chi connectivity index (χ0v) is 19.6. The minimum atomic E-state index is -0.180. The Bertz CT molecular complexity index is 1290. The number of carbonyl (C=O) groups excluding carboxylic acids is 2. The second-order valence-electron chi connectivity index (χ2n) is 7.50. The Labute approximate surface area is 200 Å². The summed E-state index contributed by atoms with van der Waals surface area (Å²) < 4.78 is 6.75. The Morgan fingerprint density at radius 1 is 1.00 bits per heavy atom. The third kappa shape index (κ3) is 5.90.